The molecule has 5 nitrogen and oxygen atoms in total. The number of amides is 1. The van der Waals surface area contributed by atoms with Crippen LogP contribution in [0, 0.1) is 5.41 Å². The number of halogens is 2. The Labute approximate surface area is 140 Å². The number of hydrogen-bond acceptors (Lipinski definition) is 3. The minimum absolute atomic E-state index is 0. The largest absolute Gasteiger partial charge is 0.337 e. The van der Waals surface area contributed by atoms with Gasteiger partial charge in [0.1, 0.15) is 0 Å². The first-order valence-corrected chi connectivity index (χ1v) is 7.82. The normalized spacial score (nSPS) is 21.3. The number of nitrogens with one attached hydrogen (secondary N) is 1. The van der Waals surface area contributed by atoms with E-state index in [0.717, 1.165) is 16.6 Å². The summed E-state index contributed by atoms with van der Waals surface area (Å²) in [5, 5.41) is 7.14. The Morgan fingerprint density at radius 3 is 2.62 bits per heavy atom. The molecule has 2 heterocycles. The van der Waals surface area contributed by atoms with Crippen LogP contribution in [0.1, 0.15) is 56.2 Å². The van der Waals surface area contributed by atoms with Gasteiger partial charge in [0.2, 0.25) is 0 Å². The number of piperidine rings is 1. The molecule has 7 heteroatoms. The molecular formula is C14H24BrClN4O. The van der Waals surface area contributed by atoms with Crippen LogP contribution < -0.4 is 5.73 Å². The molecule has 3 N–H and O–H groups in total. The molecule has 120 valence electrons. The summed E-state index contributed by atoms with van der Waals surface area (Å²) < 4.78 is 0.783. The summed E-state index contributed by atoms with van der Waals surface area (Å²) in [6, 6.07) is 0.139. The molecule has 1 aromatic rings. The van der Waals surface area contributed by atoms with Gasteiger partial charge in [0.25, 0.3) is 5.91 Å². The molecule has 1 unspecified atom stereocenters. The average molecular weight is 380 g/mol. The van der Waals surface area contributed by atoms with Gasteiger partial charge in [-0.05, 0) is 33.7 Å². The van der Waals surface area contributed by atoms with E-state index in [0.29, 0.717) is 24.7 Å². The highest BCUT2D eigenvalue weighted by Crippen LogP contribution is 2.31. The van der Waals surface area contributed by atoms with E-state index in [1.165, 1.54) is 0 Å². The molecule has 0 aliphatic carbocycles. The molecule has 1 aromatic heterocycles. The summed E-state index contributed by atoms with van der Waals surface area (Å²) in [7, 11) is 0. The fraction of sp³-hybridized carbons (Fsp3) is 0.714. The number of rotatable bonds is 2. The van der Waals surface area contributed by atoms with Crippen LogP contribution in [0.25, 0.3) is 0 Å². The van der Waals surface area contributed by atoms with Gasteiger partial charge in [0.05, 0.1) is 10.2 Å². The van der Waals surface area contributed by atoms with E-state index in [9.17, 15) is 4.79 Å². The smallest absolute Gasteiger partial charge is 0.275 e. The van der Waals surface area contributed by atoms with Gasteiger partial charge >= 0.3 is 0 Å². The maximum Gasteiger partial charge on any atom is 0.275 e. The second kappa shape index (κ2) is 6.67. The Morgan fingerprint density at radius 1 is 1.52 bits per heavy atom. The van der Waals surface area contributed by atoms with Crippen molar-refractivity contribution in [2.45, 2.75) is 46.1 Å². The number of aromatic nitrogens is 2. The highest BCUT2D eigenvalue weighted by Gasteiger charge is 2.36. The van der Waals surface area contributed by atoms with Gasteiger partial charge in [-0.3, -0.25) is 9.89 Å². The summed E-state index contributed by atoms with van der Waals surface area (Å²) in [6.45, 7) is 9.71. The standard InChI is InChI=1S/C14H23BrN4O.ClH/c1-8(2)11-10(15)12(18-17-11)13(20)19-6-5-9(16)14(3,4)7-19;/h8-9H,5-7,16H2,1-4H3,(H,17,18);1H. The summed E-state index contributed by atoms with van der Waals surface area (Å²) in [5.74, 6) is 0.268. The quantitative estimate of drug-likeness (QED) is 0.829. The van der Waals surface area contributed by atoms with Crippen LogP contribution in [0.2, 0.25) is 0 Å². The Hall–Kier alpha value is -0.590. The molecule has 1 aliphatic rings. The zero-order valence-corrected chi connectivity index (χ0v) is 15.3. The van der Waals surface area contributed by atoms with Crippen molar-refractivity contribution in [2.24, 2.45) is 11.1 Å². The lowest BCUT2D eigenvalue weighted by Crippen LogP contribution is -2.54. The van der Waals surface area contributed by atoms with Gasteiger partial charge in [-0.2, -0.15) is 5.10 Å². The number of likely N-dealkylation sites (tertiary alicyclic amines) is 1. The summed E-state index contributed by atoms with van der Waals surface area (Å²) in [4.78, 5) is 14.5. The minimum Gasteiger partial charge on any atom is -0.337 e. The number of nitrogens with two attached hydrogens (primary N) is 1. The van der Waals surface area contributed by atoms with Crippen LogP contribution in [0.5, 0.6) is 0 Å². The monoisotopic (exact) mass is 378 g/mol. The van der Waals surface area contributed by atoms with Crippen LogP contribution in [0.15, 0.2) is 4.47 Å². The molecule has 0 bridgehead atoms. The lowest BCUT2D eigenvalue weighted by atomic mass is 9.79. The maximum atomic E-state index is 12.6. The molecule has 1 saturated heterocycles. The maximum absolute atomic E-state index is 12.6. The Balaban J connectivity index is 0.00000220. The zero-order chi connectivity index (χ0) is 15.1. The average Bonchev–Trinajstić information content (AvgIpc) is 2.73. The van der Waals surface area contributed by atoms with Crippen LogP contribution in [-0.4, -0.2) is 40.1 Å². The Bertz CT molecular complexity index is 515. The molecule has 21 heavy (non-hydrogen) atoms. The number of hydrogen-bond donors (Lipinski definition) is 2. The Kier molecular flexibility index (Phi) is 5.86. The fourth-order valence-electron chi connectivity index (χ4n) is 2.56. The van der Waals surface area contributed by atoms with Gasteiger partial charge in [-0.15, -0.1) is 12.4 Å². The minimum atomic E-state index is -0.0580. The molecule has 0 spiro atoms. The summed E-state index contributed by atoms with van der Waals surface area (Å²) >= 11 is 3.49. The summed E-state index contributed by atoms with van der Waals surface area (Å²) in [5.41, 5.74) is 7.49. The van der Waals surface area contributed by atoms with Crippen LogP contribution >= 0.6 is 28.3 Å². The number of nitrogens with zero attached hydrogens (tertiary/aromatic N) is 2. The number of aromatic amines is 1. The lowest BCUT2D eigenvalue weighted by Gasteiger charge is -2.42. The van der Waals surface area contributed by atoms with Crippen molar-refractivity contribution >= 4 is 34.2 Å². The SMILES string of the molecule is CC(C)c1[nH]nc(C(=O)N2CCC(N)C(C)(C)C2)c1Br.Cl. The second-order valence-corrected chi connectivity index (χ2v) is 7.36. The predicted octanol–water partition coefficient (Wildman–Crippen LogP) is 2.92. The molecule has 0 aromatic carbocycles. The Morgan fingerprint density at radius 2 is 2.14 bits per heavy atom. The third-order valence-electron chi connectivity index (χ3n) is 4.11. The predicted molar refractivity (Wildman–Crippen MR) is 89.9 cm³/mol. The third-order valence-corrected chi connectivity index (χ3v) is 4.91. The summed E-state index contributed by atoms with van der Waals surface area (Å²) in [6.07, 6.45) is 0.831. The van der Waals surface area contributed by atoms with E-state index in [1.54, 1.807) is 0 Å². The van der Waals surface area contributed by atoms with E-state index < -0.39 is 0 Å². The molecule has 1 atom stereocenters. The van der Waals surface area contributed by atoms with E-state index in [1.807, 2.05) is 4.90 Å². The topological polar surface area (TPSA) is 75.0 Å². The highest BCUT2D eigenvalue weighted by molar-refractivity contribution is 9.10. The first-order chi connectivity index (χ1) is 9.24. The van der Waals surface area contributed by atoms with Gasteiger partial charge in [-0.25, -0.2) is 0 Å². The second-order valence-electron chi connectivity index (χ2n) is 6.57. The molecule has 1 amide bonds. The van der Waals surface area contributed by atoms with E-state index in [4.69, 9.17) is 5.73 Å². The van der Waals surface area contributed by atoms with Crippen molar-refractivity contribution in [1.82, 2.24) is 15.1 Å². The van der Waals surface area contributed by atoms with Crippen molar-refractivity contribution in [1.29, 1.82) is 0 Å². The van der Waals surface area contributed by atoms with Gasteiger partial charge in [0, 0.05) is 19.1 Å². The van der Waals surface area contributed by atoms with Crippen molar-refractivity contribution in [2.75, 3.05) is 13.1 Å². The van der Waals surface area contributed by atoms with Crippen LogP contribution in [-0.2, 0) is 0 Å². The highest BCUT2D eigenvalue weighted by atomic mass is 79.9. The van der Waals surface area contributed by atoms with E-state index >= 15 is 0 Å². The van der Waals surface area contributed by atoms with E-state index in [2.05, 4.69) is 53.8 Å². The van der Waals surface area contributed by atoms with Crippen molar-refractivity contribution in [3.05, 3.63) is 15.9 Å². The van der Waals surface area contributed by atoms with Crippen molar-refractivity contribution < 1.29 is 4.79 Å². The number of carbonyl (C=O) groups excluding carboxylic acids is 1. The molecule has 0 radical (unpaired) electrons. The first-order valence-electron chi connectivity index (χ1n) is 7.02. The molecule has 2 rings (SSSR count). The zero-order valence-electron chi connectivity index (χ0n) is 12.9. The van der Waals surface area contributed by atoms with Crippen LogP contribution in [0.3, 0.4) is 0 Å². The number of H-pyrrole nitrogens is 1. The molecule has 1 aliphatic heterocycles. The number of carbonyl (C=O) groups is 1. The van der Waals surface area contributed by atoms with E-state index in [-0.39, 0.29) is 29.8 Å². The van der Waals surface area contributed by atoms with Gasteiger partial charge < -0.3 is 10.6 Å². The third kappa shape index (κ3) is 3.60. The van der Waals surface area contributed by atoms with Gasteiger partial charge in [-0.1, -0.05) is 27.7 Å². The van der Waals surface area contributed by atoms with Gasteiger partial charge in [0.15, 0.2) is 5.69 Å². The van der Waals surface area contributed by atoms with Crippen molar-refractivity contribution in [3.8, 4) is 0 Å². The molecular weight excluding hydrogens is 356 g/mol. The molecule has 0 saturated carbocycles. The van der Waals surface area contributed by atoms with Crippen LogP contribution in [0.4, 0.5) is 0 Å². The lowest BCUT2D eigenvalue weighted by molar-refractivity contribution is 0.0526. The first kappa shape index (κ1) is 18.5. The fourth-order valence-corrected chi connectivity index (χ4v) is 3.37. The molecule has 1 fully saturated rings. The van der Waals surface area contributed by atoms with Crippen molar-refractivity contribution in [3.63, 3.8) is 0 Å².